The predicted octanol–water partition coefficient (Wildman–Crippen LogP) is 6.33. The molecule has 0 saturated carbocycles. The molecular weight excluding hydrogens is 502 g/mol. The molecule has 3 aromatic carbocycles. The van der Waals surface area contributed by atoms with E-state index in [-0.39, 0.29) is 40.5 Å². The predicted molar refractivity (Wildman–Crippen MR) is 157 cm³/mol. The number of ether oxygens (including phenoxy) is 1. The lowest BCUT2D eigenvalue weighted by Crippen LogP contribution is -2.28. The fourth-order valence-corrected chi connectivity index (χ4v) is 4.93. The molecular formula is C33H39N3O4. The van der Waals surface area contributed by atoms with Gasteiger partial charge in [0, 0.05) is 16.7 Å². The summed E-state index contributed by atoms with van der Waals surface area (Å²) in [5.41, 5.74) is 4.50. The molecule has 4 rings (SSSR count). The summed E-state index contributed by atoms with van der Waals surface area (Å²) in [5, 5.41) is 20.1. The van der Waals surface area contributed by atoms with E-state index < -0.39 is 0 Å². The molecule has 1 heterocycles. The van der Waals surface area contributed by atoms with Crippen molar-refractivity contribution in [3.63, 3.8) is 0 Å². The second-order valence-electron chi connectivity index (χ2n) is 12.2. The summed E-state index contributed by atoms with van der Waals surface area (Å²) in [6.07, 6.45) is 0. The monoisotopic (exact) mass is 541 g/mol. The average molecular weight is 542 g/mol. The van der Waals surface area contributed by atoms with Crippen LogP contribution in [0.5, 0.6) is 5.75 Å². The third kappa shape index (κ3) is 5.74. The first-order valence-corrected chi connectivity index (χ1v) is 13.6. The maximum atomic E-state index is 13.8. The van der Waals surface area contributed by atoms with Gasteiger partial charge in [-0.25, -0.2) is 4.79 Å². The van der Waals surface area contributed by atoms with Gasteiger partial charge in [-0.3, -0.25) is 10.2 Å². The number of nitrogens with one attached hydrogen (secondary N) is 1. The Kier molecular flexibility index (Phi) is 7.79. The zero-order chi connectivity index (χ0) is 29.4. The first-order chi connectivity index (χ1) is 18.7. The van der Waals surface area contributed by atoms with E-state index in [2.05, 4.69) is 0 Å². The van der Waals surface area contributed by atoms with Gasteiger partial charge in [0.15, 0.2) is 5.78 Å². The molecule has 1 aromatic heterocycles. The molecule has 0 unspecified atom stereocenters. The highest BCUT2D eigenvalue weighted by Crippen LogP contribution is 2.40. The van der Waals surface area contributed by atoms with Crippen LogP contribution in [0.2, 0.25) is 0 Å². The van der Waals surface area contributed by atoms with E-state index >= 15 is 0 Å². The van der Waals surface area contributed by atoms with E-state index in [1.807, 2.05) is 82.5 Å². The fourth-order valence-electron chi connectivity index (χ4n) is 4.93. The van der Waals surface area contributed by atoms with Gasteiger partial charge in [0.25, 0.3) is 0 Å². The molecule has 0 amide bonds. The minimum Gasteiger partial charge on any atom is -0.507 e. The van der Waals surface area contributed by atoms with E-state index in [0.717, 1.165) is 27.7 Å². The number of fused-ring (bicyclic) bond motifs is 1. The summed E-state index contributed by atoms with van der Waals surface area (Å²) in [7, 11) is 0. The van der Waals surface area contributed by atoms with E-state index in [4.69, 9.17) is 10.1 Å². The standard InChI is InChI=1S/C33H39N3O4/c1-8-40-30(39)22-15-13-21(14-16-22)19-35-26-11-9-10-12-27(26)36(31(35)34)20-28(37)23-17-24(32(2,3)4)29(38)25(18-23)33(5,6)7/h9-18,34,38H,8,19-20H2,1-7H3. The number of hydrogen-bond acceptors (Lipinski definition) is 5. The molecule has 0 fully saturated rings. The third-order valence-electron chi connectivity index (χ3n) is 7.13. The Morgan fingerprint density at radius 2 is 1.35 bits per heavy atom. The number of nitrogens with zero attached hydrogens (tertiary/aromatic N) is 2. The second kappa shape index (κ2) is 10.8. The van der Waals surface area contributed by atoms with Gasteiger partial charge in [-0.05, 0) is 59.7 Å². The molecule has 0 bridgehead atoms. The lowest BCUT2D eigenvalue weighted by Gasteiger charge is -2.28. The minimum absolute atomic E-state index is 0.00785. The average Bonchev–Trinajstić information content (AvgIpc) is 3.14. The van der Waals surface area contributed by atoms with Crippen molar-refractivity contribution in [2.24, 2.45) is 0 Å². The molecule has 7 nitrogen and oxygen atoms in total. The molecule has 0 aliphatic carbocycles. The van der Waals surface area contributed by atoms with Crippen molar-refractivity contribution in [3.8, 4) is 5.75 Å². The number of carbonyl (C=O) groups is 2. The Balaban J connectivity index is 1.73. The quantitative estimate of drug-likeness (QED) is 0.211. The number of rotatable bonds is 7. The molecule has 210 valence electrons. The van der Waals surface area contributed by atoms with Gasteiger partial charge >= 0.3 is 5.97 Å². The van der Waals surface area contributed by atoms with Crippen molar-refractivity contribution in [1.82, 2.24) is 9.13 Å². The summed E-state index contributed by atoms with van der Waals surface area (Å²) in [6, 6.07) is 18.4. The van der Waals surface area contributed by atoms with Crippen LogP contribution in [0.4, 0.5) is 0 Å². The summed E-state index contributed by atoms with van der Waals surface area (Å²) in [6.45, 7) is 14.6. The van der Waals surface area contributed by atoms with Crippen molar-refractivity contribution < 1.29 is 19.4 Å². The van der Waals surface area contributed by atoms with Gasteiger partial charge in [-0.2, -0.15) is 0 Å². The number of imidazole rings is 1. The van der Waals surface area contributed by atoms with Gasteiger partial charge in [-0.1, -0.05) is 65.8 Å². The zero-order valence-electron chi connectivity index (χ0n) is 24.5. The van der Waals surface area contributed by atoms with Crippen LogP contribution < -0.4 is 5.62 Å². The van der Waals surface area contributed by atoms with E-state index in [0.29, 0.717) is 24.3 Å². The van der Waals surface area contributed by atoms with Crippen molar-refractivity contribution in [2.75, 3.05) is 6.61 Å². The largest absolute Gasteiger partial charge is 0.507 e. The summed E-state index contributed by atoms with van der Waals surface area (Å²) in [5.74, 6) is -0.261. The van der Waals surface area contributed by atoms with Crippen LogP contribution >= 0.6 is 0 Å². The number of carbonyl (C=O) groups excluding carboxylic acids is 2. The molecule has 0 spiro atoms. The summed E-state index contributed by atoms with van der Waals surface area (Å²) < 4.78 is 8.66. The highest BCUT2D eigenvalue weighted by molar-refractivity contribution is 5.97. The number of aromatic hydroxyl groups is 1. The van der Waals surface area contributed by atoms with E-state index in [1.165, 1.54) is 0 Å². The number of phenols is 1. The fraction of sp³-hybridized carbons (Fsp3) is 0.364. The highest BCUT2D eigenvalue weighted by atomic mass is 16.5. The summed E-state index contributed by atoms with van der Waals surface area (Å²) >= 11 is 0. The SMILES string of the molecule is CCOC(=O)c1ccc(Cn2c(=N)n(CC(=O)c3cc(C(C)(C)C)c(O)c(C(C)(C)C)c3)c3ccccc32)cc1. The molecule has 4 aromatic rings. The van der Waals surface area contributed by atoms with Crippen LogP contribution in [0.25, 0.3) is 11.0 Å². The third-order valence-corrected chi connectivity index (χ3v) is 7.13. The number of para-hydroxylation sites is 2. The van der Waals surface area contributed by atoms with Crippen molar-refractivity contribution >= 4 is 22.8 Å². The first kappa shape index (κ1) is 28.9. The van der Waals surface area contributed by atoms with Crippen LogP contribution in [0.1, 0.15) is 85.9 Å². The topological polar surface area (TPSA) is 97.3 Å². The lowest BCUT2D eigenvalue weighted by molar-refractivity contribution is 0.0526. The maximum absolute atomic E-state index is 13.8. The van der Waals surface area contributed by atoms with Crippen LogP contribution in [-0.2, 0) is 28.7 Å². The molecule has 40 heavy (non-hydrogen) atoms. The number of aromatic nitrogens is 2. The number of ketones is 1. The van der Waals surface area contributed by atoms with Gasteiger partial charge in [0.2, 0.25) is 5.62 Å². The number of Topliss-reactive ketones (excluding diaryl/α,β-unsaturated/α-hetero) is 1. The number of hydrogen-bond donors (Lipinski definition) is 2. The zero-order valence-corrected chi connectivity index (χ0v) is 24.5. The van der Waals surface area contributed by atoms with Gasteiger partial charge in [0.1, 0.15) is 5.75 Å². The van der Waals surface area contributed by atoms with Gasteiger partial charge in [0.05, 0.1) is 36.3 Å². The normalized spacial score (nSPS) is 12.1. The number of phenolic OH excluding ortho intramolecular Hbond substituents is 1. The molecule has 0 aliphatic rings. The Labute approximate surface area is 235 Å². The molecule has 7 heteroatoms. The number of benzene rings is 3. The Bertz CT molecular complexity index is 1590. The van der Waals surface area contributed by atoms with Gasteiger partial charge < -0.3 is 19.0 Å². The highest BCUT2D eigenvalue weighted by Gasteiger charge is 2.28. The van der Waals surface area contributed by atoms with Gasteiger partial charge in [-0.15, -0.1) is 0 Å². The van der Waals surface area contributed by atoms with Crippen molar-refractivity contribution in [1.29, 1.82) is 5.41 Å². The number of esters is 1. The molecule has 0 saturated heterocycles. The van der Waals surface area contributed by atoms with Crippen LogP contribution in [0, 0.1) is 5.41 Å². The second-order valence-corrected chi connectivity index (χ2v) is 12.2. The minimum atomic E-state index is -0.364. The van der Waals surface area contributed by atoms with E-state index in [9.17, 15) is 14.7 Å². The van der Waals surface area contributed by atoms with Crippen molar-refractivity contribution in [2.45, 2.75) is 72.4 Å². The maximum Gasteiger partial charge on any atom is 0.338 e. The smallest absolute Gasteiger partial charge is 0.338 e. The lowest BCUT2D eigenvalue weighted by atomic mass is 9.78. The van der Waals surface area contributed by atoms with Crippen LogP contribution in [-0.4, -0.2) is 32.6 Å². The molecule has 0 aliphatic heterocycles. The molecule has 0 atom stereocenters. The Hall–Kier alpha value is -4.13. The van der Waals surface area contributed by atoms with Crippen molar-refractivity contribution in [3.05, 3.63) is 94.1 Å². The first-order valence-electron chi connectivity index (χ1n) is 13.6. The van der Waals surface area contributed by atoms with E-state index in [1.54, 1.807) is 35.8 Å². The van der Waals surface area contributed by atoms with Crippen LogP contribution in [0.3, 0.4) is 0 Å². The Morgan fingerprint density at radius 3 is 1.85 bits per heavy atom. The summed E-state index contributed by atoms with van der Waals surface area (Å²) in [4.78, 5) is 25.8. The Morgan fingerprint density at radius 1 is 0.825 bits per heavy atom. The molecule has 2 N–H and O–H groups in total. The molecule has 0 radical (unpaired) electrons. The van der Waals surface area contributed by atoms with Crippen LogP contribution in [0.15, 0.2) is 60.7 Å².